The summed E-state index contributed by atoms with van der Waals surface area (Å²) in [7, 11) is 1.75. The van der Waals surface area contributed by atoms with E-state index in [1.165, 1.54) is 19.3 Å². The number of rotatable bonds is 5. The number of nitrogens with zero attached hydrogens (tertiary/aromatic N) is 1. The van der Waals surface area contributed by atoms with Crippen LogP contribution >= 0.6 is 0 Å². The van der Waals surface area contributed by atoms with Gasteiger partial charge in [-0.25, -0.2) is 0 Å². The van der Waals surface area contributed by atoms with Crippen LogP contribution < -0.4 is 5.73 Å². The maximum atomic E-state index is 5.80. The second-order valence-electron chi connectivity index (χ2n) is 4.28. The third-order valence-corrected chi connectivity index (χ3v) is 3.37. The Morgan fingerprint density at radius 2 is 2.21 bits per heavy atom. The molecule has 3 nitrogen and oxygen atoms in total. The van der Waals surface area contributed by atoms with Crippen LogP contribution in [0.2, 0.25) is 0 Å². The van der Waals surface area contributed by atoms with Crippen molar-refractivity contribution in [2.24, 2.45) is 5.73 Å². The van der Waals surface area contributed by atoms with Gasteiger partial charge in [0.15, 0.2) is 0 Å². The van der Waals surface area contributed by atoms with E-state index in [2.05, 4.69) is 18.7 Å². The molecule has 0 amide bonds. The summed E-state index contributed by atoms with van der Waals surface area (Å²) >= 11 is 0. The smallest absolute Gasteiger partial charge is 0.0630 e. The number of hydrogen-bond donors (Lipinski definition) is 1. The molecule has 0 aliphatic carbocycles. The Morgan fingerprint density at radius 3 is 2.71 bits per heavy atom. The summed E-state index contributed by atoms with van der Waals surface area (Å²) < 4.78 is 5.23. The summed E-state index contributed by atoms with van der Waals surface area (Å²) in [6.45, 7) is 6.02. The van der Waals surface area contributed by atoms with Crippen molar-refractivity contribution in [3.8, 4) is 0 Å². The van der Waals surface area contributed by atoms with Gasteiger partial charge in [0, 0.05) is 31.8 Å². The molecule has 3 atom stereocenters. The molecule has 1 aliphatic rings. The van der Waals surface area contributed by atoms with Crippen LogP contribution in [0.4, 0.5) is 0 Å². The van der Waals surface area contributed by atoms with Gasteiger partial charge in [-0.1, -0.05) is 6.92 Å². The van der Waals surface area contributed by atoms with Gasteiger partial charge < -0.3 is 10.5 Å². The fourth-order valence-electron chi connectivity index (χ4n) is 2.63. The SMILES string of the molecule is CCC1CCC(C)N1C(CN)COC. The molecule has 1 heterocycles. The maximum absolute atomic E-state index is 5.80. The van der Waals surface area contributed by atoms with Gasteiger partial charge in [0.25, 0.3) is 0 Å². The van der Waals surface area contributed by atoms with Gasteiger partial charge in [-0.2, -0.15) is 0 Å². The quantitative estimate of drug-likeness (QED) is 0.725. The van der Waals surface area contributed by atoms with E-state index in [4.69, 9.17) is 10.5 Å². The Kier molecular flexibility index (Phi) is 4.85. The Bertz CT molecular complexity index is 163. The molecule has 0 bridgehead atoms. The van der Waals surface area contributed by atoms with E-state index in [-0.39, 0.29) is 0 Å². The Balaban J connectivity index is 2.60. The van der Waals surface area contributed by atoms with Crippen molar-refractivity contribution >= 4 is 0 Å². The average Bonchev–Trinajstić information content (AvgIpc) is 2.56. The summed E-state index contributed by atoms with van der Waals surface area (Å²) in [6.07, 6.45) is 3.85. The van der Waals surface area contributed by atoms with Gasteiger partial charge in [-0.3, -0.25) is 4.90 Å². The van der Waals surface area contributed by atoms with E-state index in [1.54, 1.807) is 7.11 Å². The molecule has 0 aromatic carbocycles. The maximum Gasteiger partial charge on any atom is 0.0630 e. The summed E-state index contributed by atoms with van der Waals surface area (Å²) in [5.41, 5.74) is 5.80. The fourth-order valence-corrected chi connectivity index (χ4v) is 2.63. The normalized spacial score (nSPS) is 30.9. The molecule has 3 unspecified atom stereocenters. The number of likely N-dealkylation sites (tertiary alicyclic amines) is 1. The van der Waals surface area contributed by atoms with Crippen molar-refractivity contribution in [1.82, 2.24) is 4.90 Å². The van der Waals surface area contributed by atoms with Crippen LogP contribution in [0.3, 0.4) is 0 Å². The topological polar surface area (TPSA) is 38.5 Å². The van der Waals surface area contributed by atoms with Gasteiger partial charge in [-0.15, -0.1) is 0 Å². The van der Waals surface area contributed by atoms with Crippen LogP contribution in [0.25, 0.3) is 0 Å². The van der Waals surface area contributed by atoms with E-state index in [0.29, 0.717) is 24.7 Å². The minimum Gasteiger partial charge on any atom is -0.383 e. The molecule has 14 heavy (non-hydrogen) atoms. The van der Waals surface area contributed by atoms with Crippen LogP contribution in [0.5, 0.6) is 0 Å². The zero-order valence-electron chi connectivity index (χ0n) is 9.70. The second-order valence-corrected chi connectivity index (χ2v) is 4.28. The Morgan fingerprint density at radius 1 is 1.50 bits per heavy atom. The van der Waals surface area contributed by atoms with Crippen molar-refractivity contribution < 1.29 is 4.74 Å². The van der Waals surface area contributed by atoms with Gasteiger partial charge in [0.1, 0.15) is 0 Å². The standard InChI is InChI=1S/C11H24N2O/c1-4-10-6-5-9(2)13(10)11(7-12)8-14-3/h9-11H,4-8,12H2,1-3H3. The van der Waals surface area contributed by atoms with Crippen LogP contribution in [-0.2, 0) is 4.74 Å². The lowest BCUT2D eigenvalue weighted by Crippen LogP contribution is -2.49. The average molecular weight is 200 g/mol. The molecule has 1 saturated heterocycles. The minimum atomic E-state index is 0.405. The highest BCUT2D eigenvalue weighted by Gasteiger charge is 2.33. The van der Waals surface area contributed by atoms with Crippen molar-refractivity contribution in [1.29, 1.82) is 0 Å². The van der Waals surface area contributed by atoms with Gasteiger partial charge in [-0.05, 0) is 26.2 Å². The second kappa shape index (κ2) is 5.69. The first-order valence-electron chi connectivity index (χ1n) is 5.71. The van der Waals surface area contributed by atoms with Crippen LogP contribution in [0, 0.1) is 0 Å². The molecule has 1 rings (SSSR count). The van der Waals surface area contributed by atoms with Crippen molar-refractivity contribution in [2.75, 3.05) is 20.3 Å². The highest BCUT2D eigenvalue weighted by molar-refractivity contribution is 4.89. The fraction of sp³-hybridized carbons (Fsp3) is 1.00. The lowest BCUT2D eigenvalue weighted by Gasteiger charge is -2.34. The summed E-state index contributed by atoms with van der Waals surface area (Å²) in [6, 6.07) is 1.79. The predicted octanol–water partition coefficient (Wildman–Crippen LogP) is 1.22. The number of hydrogen-bond acceptors (Lipinski definition) is 3. The molecular weight excluding hydrogens is 176 g/mol. The van der Waals surface area contributed by atoms with E-state index >= 15 is 0 Å². The lowest BCUT2D eigenvalue weighted by molar-refractivity contribution is 0.0634. The van der Waals surface area contributed by atoms with Crippen LogP contribution in [0.1, 0.15) is 33.1 Å². The predicted molar refractivity (Wildman–Crippen MR) is 59.3 cm³/mol. The lowest BCUT2D eigenvalue weighted by atomic mass is 10.1. The molecular formula is C11H24N2O. The van der Waals surface area contributed by atoms with Crippen molar-refractivity contribution in [3.63, 3.8) is 0 Å². The summed E-state index contributed by atoms with van der Waals surface area (Å²) in [5, 5.41) is 0. The molecule has 0 saturated carbocycles. The molecule has 84 valence electrons. The van der Waals surface area contributed by atoms with Gasteiger partial charge >= 0.3 is 0 Å². The number of ether oxygens (including phenoxy) is 1. The minimum absolute atomic E-state index is 0.405. The van der Waals surface area contributed by atoms with Crippen LogP contribution in [-0.4, -0.2) is 43.3 Å². The highest BCUT2D eigenvalue weighted by atomic mass is 16.5. The largest absolute Gasteiger partial charge is 0.383 e. The third-order valence-electron chi connectivity index (χ3n) is 3.37. The monoisotopic (exact) mass is 200 g/mol. The molecule has 0 aromatic rings. The third kappa shape index (κ3) is 2.47. The highest BCUT2D eigenvalue weighted by Crippen LogP contribution is 2.27. The number of nitrogens with two attached hydrogens (primary N) is 1. The van der Waals surface area contributed by atoms with Crippen molar-refractivity contribution in [2.45, 2.75) is 51.2 Å². The first kappa shape index (κ1) is 12.0. The van der Waals surface area contributed by atoms with E-state index in [9.17, 15) is 0 Å². The summed E-state index contributed by atoms with van der Waals surface area (Å²) in [5.74, 6) is 0. The van der Waals surface area contributed by atoms with E-state index in [0.717, 1.165) is 6.61 Å². The van der Waals surface area contributed by atoms with E-state index < -0.39 is 0 Å². The molecule has 1 fully saturated rings. The first-order valence-corrected chi connectivity index (χ1v) is 5.71. The molecule has 0 spiro atoms. The zero-order valence-corrected chi connectivity index (χ0v) is 9.70. The molecule has 2 N–H and O–H groups in total. The number of methoxy groups -OCH3 is 1. The van der Waals surface area contributed by atoms with E-state index in [1.807, 2.05) is 0 Å². The Hall–Kier alpha value is -0.120. The molecule has 1 aliphatic heterocycles. The van der Waals surface area contributed by atoms with Crippen molar-refractivity contribution in [3.05, 3.63) is 0 Å². The molecule has 0 aromatic heterocycles. The first-order chi connectivity index (χ1) is 6.74. The summed E-state index contributed by atoms with van der Waals surface area (Å²) in [4.78, 5) is 2.56. The zero-order chi connectivity index (χ0) is 10.6. The van der Waals surface area contributed by atoms with Gasteiger partial charge in [0.05, 0.1) is 6.61 Å². The molecule has 0 radical (unpaired) electrons. The van der Waals surface area contributed by atoms with Crippen LogP contribution in [0.15, 0.2) is 0 Å². The van der Waals surface area contributed by atoms with Gasteiger partial charge in [0.2, 0.25) is 0 Å². The Labute approximate surface area is 87.6 Å². The molecule has 3 heteroatoms.